The van der Waals surface area contributed by atoms with Gasteiger partial charge in [-0.05, 0) is 60.2 Å². The van der Waals surface area contributed by atoms with E-state index in [4.69, 9.17) is 9.47 Å². The fraction of sp³-hybridized carbons (Fsp3) is 0.0909. The minimum absolute atomic E-state index is 0.0735. The van der Waals surface area contributed by atoms with Crippen LogP contribution in [0.2, 0.25) is 0 Å². The first-order valence-corrected chi connectivity index (χ1v) is 9.01. The molecule has 0 radical (unpaired) electrons. The normalized spacial score (nSPS) is 10.9. The first kappa shape index (κ1) is 18.4. The average molecular weight is 375 g/mol. The van der Waals surface area contributed by atoms with Crippen molar-refractivity contribution in [1.82, 2.24) is 0 Å². The fourth-order valence-corrected chi connectivity index (χ4v) is 3.45. The van der Waals surface area contributed by atoms with Crippen LogP contribution in [0.3, 0.4) is 0 Å². The molecule has 0 amide bonds. The Bertz CT molecular complexity index is 1010. The van der Waals surface area contributed by atoms with Crippen LogP contribution in [0.5, 0.6) is 11.5 Å². The Morgan fingerprint density at radius 2 is 1.44 bits per heavy atom. The molecule has 3 aromatic rings. The van der Waals surface area contributed by atoms with Gasteiger partial charge < -0.3 is 9.47 Å². The third-order valence-corrected chi connectivity index (χ3v) is 5.11. The highest BCUT2D eigenvalue weighted by atomic mass is 32.1. The smallest absolute Gasteiger partial charge is 0.202 e. The van der Waals surface area contributed by atoms with Crippen LogP contribution in [0, 0.1) is 11.3 Å². The van der Waals surface area contributed by atoms with Crippen molar-refractivity contribution < 1.29 is 14.3 Å². The average Bonchev–Trinajstić information content (AvgIpc) is 3.22. The van der Waals surface area contributed by atoms with Gasteiger partial charge in [-0.15, -0.1) is 11.3 Å². The van der Waals surface area contributed by atoms with E-state index in [1.54, 1.807) is 56.7 Å². The molecular formula is C22H17NO3S. The molecule has 0 unspecified atom stereocenters. The highest BCUT2D eigenvalue weighted by molar-refractivity contribution is 7.15. The summed E-state index contributed by atoms with van der Waals surface area (Å²) in [5.74, 6) is 1.39. The van der Waals surface area contributed by atoms with E-state index in [2.05, 4.69) is 6.07 Å². The van der Waals surface area contributed by atoms with Crippen LogP contribution in [0.25, 0.3) is 11.6 Å². The standard InChI is InChI=1S/C22H17NO3S/c1-25-18-7-3-15(4-8-18)13-17(14-23)20-11-12-21(27-20)22(24)16-5-9-19(26-2)10-6-16/h3-13H,1-2H3. The SMILES string of the molecule is COc1ccc(C=C(C#N)c2ccc(C(=O)c3ccc(OC)cc3)s2)cc1. The summed E-state index contributed by atoms with van der Waals surface area (Å²) in [4.78, 5) is 14.0. The molecule has 0 saturated heterocycles. The first-order valence-electron chi connectivity index (χ1n) is 8.19. The lowest BCUT2D eigenvalue weighted by Crippen LogP contribution is -1.98. The number of nitrogens with zero attached hydrogens (tertiary/aromatic N) is 1. The summed E-state index contributed by atoms with van der Waals surface area (Å²) in [7, 11) is 3.19. The Kier molecular flexibility index (Phi) is 5.70. The molecule has 0 aliphatic rings. The van der Waals surface area contributed by atoms with Gasteiger partial charge in [0, 0.05) is 10.4 Å². The third kappa shape index (κ3) is 4.25. The first-order chi connectivity index (χ1) is 13.1. The summed E-state index contributed by atoms with van der Waals surface area (Å²) >= 11 is 1.31. The summed E-state index contributed by atoms with van der Waals surface area (Å²) in [6.07, 6.45) is 1.80. The van der Waals surface area contributed by atoms with Crippen molar-refractivity contribution in [3.8, 4) is 17.6 Å². The minimum atomic E-state index is -0.0735. The molecule has 1 aromatic heterocycles. The molecule has 3 rings (SSSR count). The van der Waals surface area contributed by atoms with Gasteiger partial charge in [-0.1, -0.05) is 12.1 Å². The lowest BCUT2D eigenvalue weighted by Gasteiger charge is -2.01. The van der Waals surface area contributed by atoms with Gasteiger partial charge in [-0.25, -0.2) is 0 Å². The van der Waals surface area contributed by atoms with Gasteiger partial charge in [0.2, 0.25) is 5.78 Å². The summed E-state index contributed by atoms with van der Waals surface area (Å²) < 4.78 is 10.3. The topological polar surface area (TPSA) is 59.3 Å². The van der Waals surface area contributed by atoms with Crippen molar-refractivity contribution >= 4 is 28.8 Å². The van der Waals surface area contributed by atoms with Crippen molar-refractivity contribution in [2.24, 2.45) is 0 Å². The van der Waals surface area contributed by atoms with E-state index in [9.17, 15) is 10.1 Å². The molecule has 0 aliphatic heterocycles. The Hall–Kier alpha value is -3.36. The maximum Gasteiger partial charge on any atom is 0.202 e. The molecule has 0 N–H and O–H groups in total. The van der Waals surface area contributed by atoms with Crippen LogP contribution in [0.4, 0.5) is 0 Å². The van der Waals surface area contributed by atoms with Gasteiger partial charge >= 0.3 is 0 Å². The predicted octanol–water partition coefficient (Wildman–Crippen LogP) is 5.06. The Balaban J connectivity index is 1.84. The molecule has 5 heteroatoms. The van der Waals surface area contributed by atoms with E-state index in [0.717, 1.165) is 16.2 Å². The number of ketones is 1. The largest absolute Gasteiger partial charge is 0.497 e. The second-order valence-electron chi connectivity index (χ2n) is 5.66. The molecule has 2 aromatic carbocycles. The second-order valence-corrected chi connectivity index (χ2v) is 6.75. The minimum Gasteiger partial charge on any atom is -0.497 e. The molecule has 4 nitrogen and oxygen atoms in total. The van der Waals surface area contributed by atoms with E-state index in [1.807, 2.05) is 24.3 Å². The van der Waals surface area contributed by atoms with Crippen molar-refractivity contribution in [2.75, 3.05) is 14.2 Å². The summed E-state index contributed by atoms with van der Waals surface area (Å²) in [6.45, 7) is 0. The van der Waals surface area contributed by atoms with Crippen molar-refractivity contribution in [2.45, 2.75) is 0 Å². The Morgan fingerprint density at radius 3 is 2.00 bits per heavy atom. The van der Waals surface area contributed by atoms with Crippen LogP contribution in [0.1, 0.15) is 25.7 Å². The number of nitriles is 1. The molecule has 0 fully saturated rings. The molecule has 0 saturated carbocycles. The Labute approximate surface area is 161 Å². The van der Waals surface area contributed by atoms with Crippen LogP contribution >= 0.6 is 11.3 Å². The van der Waals surface area contributed by atoms with E-state index in [-0.39, 0.29) is 5.78 Å². The van der Waals surface area contributed by atoms with E-state index in [0.29, 0.717) is 21.8 Å². The van der Waals surface area contributed by atoms with Gasteiger partial charge in [0.15, 0.2) is 0 Å². The molecule has 0 spiro atoms. The van der Waals surface area contributed by atoms with Gasteiger partial charge in [-0.2, -0.15) is 5.26 Å². The number of ether oxygens (including phenoxy) is 2. The van der Waals surface area contributed by atoms with Crippen LogP contribution in [-0.2, 0) is 0 Å². The summed E-state index contributed by atoms with van der Waals surface area (Å²) in [5, 5.41) is 9.53. The second kappa shape index (κ2) is 8.35. The highest BCUT2D eigenvalue weighted by Crippen LogP contribution is 2.28. The zero-order valence-electron chi connectivity index (χ0n) is 14.9. The van der Waals surface area contributed by atoms with Gasteiger partial charge in [0.25, 0.3) is 0 Å². The van der Waals surface area contributed by atoms with E-state index >= 15 is 0 Å². The van der Waals surface area contributed by atoms with Gasteiger partial charge in [0.1, 0.15) is 17.6 Å². The van der Waals surface area contributed by atoms with Gasteiger partial charge in [-0.3, -0.25) is 4.79 Å². The highest BCUT2D eigenvalue weighted by Gasteiger charge is 2.14. The number of hydrogen-bond acceptors (Lipinski definition) is 5. The molecule has 0 atom stereocenters. The maximum absolute atomic E-state index is 12.7. The number of carbonyl (C=O) groups is 1. The van der Waals surface area contributed by atoms with Crippen molar-refractivity contribution in [1.29, 1.82) is 5.26 Å². The number of hydrogen-bond donors (Lipinski definition) is 0. The molecular weight excluding hydrogens is 358 g/mol. The number of allylic oxidation sites excluding steroid dienone is 1. The van der Waals surface area contributed by atoms with Crippen LogP contribution < -0.4 is 9.47 Å². The summed E-state index contributed by atoms with van der Waals surface area (Å²) in [5.41, 5.74) is 1.99. The third-order valence-electron chi connectivity index (χ3n) is 3.99. The molecule has 134 valence electrons. The number of methoxy groups -OCH3 is 2. The van der Waals surface area contributed by atoms with Gasteiger partial charge in [0.05, 0.1) is 24.7 Å². The molecule has 0 bridgehead atoms. The quantitative estimate of drug-likeness (QED) is 0.446. The zero-order valence-corrected chi connectivity index (χ0v) is 15.7. The molecule has 1 heterocycles. The fourth-order valence-electron chi connectivity index (χ4n) is 2.51. The number of thiophene rings is 1. The molecule has 27 heavy (non-hydrogen) atoms. The molecule has 0 aliphatic carbocycles. The summed E-state index contributed by atoms with van der Waals surface area (Å²) in [6, 6.07) is 20.2. The number of rotatable bonds is 6. The number of carbonyl (C=O) groups excluding carboxylic acids is 1. The lowest BCUT2D eigenvalue weighted by atomic mass is 10.1. The maximum atomic E-state index is 12.7. The Morgan fingerprint density at radius 1 is 0.889 bits per heavy atom. The monoisotopic (exact) mass is 375 g/mol. The van der Waals surface area contributed by atoms with Crippen molar-refractivity contribution in [3.05, 3.63) is 81.5 Å². The number of benzene rings is 2. The predicted molar refractivity (Wildman–Crippen MR) is 107 cm³/mol. The lowest BCUT2D eigenvalue weighted by molar-refractivity contribution is 0.104. The van der Waals surface area contributed by atoms with Crippen LogP contribution in [-0.4, -0.2) is 20.0 Å². The van der Waals surface area contributed by atoms with Crippen LogP contribution in [0.15, 0.2) is 60.7 Å². The zero-order chi connectivity index (χ0) is 19.2. The van der Waals surface area contributed by atoms with E-state index < -0.39 is 0 Å². The van der Waals surface area contributed by atoms with Crippen molar-refractivity contribution in [3.63, 3.8) is 0 Å². The van der Waals surface area contributed by atoms with E-state index in [1.165, 1.54) is 11.3 Å².